The third-order valence-corrected chi connectivity index (χ3v) is 3.72. The number of nitrogens with two attached hydrogens (primary N) is 1. The standard InChI is InChI=1S/C15H19N5/c1-15(2,5-6-16)14-17-8-13(20-14)10-3-4-11-12(7-10)19-9-18-11/h3-4,7-9H,5-6,16H2,1-2H3,(H,17,20)(H,18,19). The summed E-state index contributed by atoms with van der Waals surface area (Å²) in [5.41, 5.74) is 9.74. The van der Waals surface area contributed by atoms with Crippen molar-refractivity contribution in [2.75, 3.05) is 6.54 Å². The predicted molar refractivity (Wildman–Crippen MR) is 80.4 cm³/mol. The van der Waals surface area contributed by atoms with Crippen LogP contribution in [-0.2, 0) is 5.41 Å². The Hall–Kier alpha value is -2.14. The number of H-pyrrole nitrogens is 2. The van der Waals surface area contributed by atoms with Crippen LogP contribution in [-0.4, -0.2) is 26.5 Å². The molecule has 0 fully saturated rings. The second kappa shape index (κ2) is 4.76. The number of rotatable bonds is 4. The molecule has 0 saturated carbocycles. The van der Waals surface area contributed by atoms with E-state index in [2.05, 4.69) is 45.9 Å². The molecule has 0 aliphatic heterocycles. The van der Waals surface area contributed by atoms with Crippen LogP contribution >= 0.6 is 0 Å². The minimum Gasteiger partial charge on any atom is -0.345 e. The van der Waals surface area contributed by atoms with Crippen LogP contribution in [0, 0.1) is 0 Å². The highest BCUT2D eigenvalue weighted by Gasteiger charge is 2.23. The first-order valence-electron chi connectivity index (χ1n) is 6.79. The molecule has 0 amide bonds. The van der Waals surface area contributed by atoms with Crippen LogP contribution in [0.15, 0.2) is 30.7 Å². The quantitative estimate of drug-likeness (QED) is 0.680. The normalized spacial score (nSPS) is 12.2. The van der Waals surface area contributed by atoms with Crippen molar-refractivity contribution in [3.05, 3.63) is 36.5 Å². The van der Waals surface area contributed by atoms with Crippen molar-refractivity contribution in [3.8, 4) is 11.3 Å². The summed E-state index contributed by atoms with van der Waals surface area (Å²) in [5.74, 6) is 0.975. The second-order valence-electron chi connectivity index (χ2n) is 5.70. The highest BCUT2D eigenvalue weighted by molar-refractivity contribution is 5.80. The average Bonchev–Trinajstić information content (AvgIpc) is 3.07. The number of nitrogens with zero attached hydrogens (tertiary/aromatic N) is 2. The largest absolute Gasteiger partial charge is 0.345 e. The van der Waals surface area contributed by atoms with Gasteiger partial charge < -0.3 is 15.7 Å². The van der Waals surface area contributed by atoms with Crippen molar-refractivity contribution >= 4 is 11.0 Å². The molecule has 20 heavy (non-hydrogen) atoms. The van der Waals surface area contributed by atoms with E-state index in [1.54, 1.807) is 6.33 Å². The third-order valence-electron chi connectivity index (χ3n) is 3.72. The molecule has 0 spiro atoms. The Balaban J connectivity index is 1.96. The van der Waals surface area contributed by atoms with Crippen molar-refractivity contribution < 1.29 is 0 Å². The lowest BCUT2D eigenvalue weighted by Crippen LogP contribution is -2.23. The van der Waals surface area contributed by atoms with Gasteiger partial charge in [0.05, 0.1) is 29.3 Å². The maximum atomic E-state index is 5.67. The summed E-state index contributed by atoms with van der Waals surface area (Å²) in [6, 6.07) is 6.14. The first-order valence-corrected chi connectivity index (χ1v) is 6.79. The van der Waals surface area contributed by atoms with Crippen molar-refractivity contribution in [1.82, 2.24) is 19.9 Å². The fourth-order valence-electron chi connectivity index (χ4n) is 2.39. The minimum absolute atomic E-state index is 0.0366. The summed E-state index contributed by atoms with van der Waals surface area (Å²) in [5, 5.41) is 0. The number of aromatic nitrogens is 4. The zero-order valence-corrected chi connectivity index (χ0v) is 11.8. The SMILES string of the molecule is CC(C)(CCN)c1ncc(-c2ccc3nc[nH]c3c2)[nH]1. The van der Waals surface area contributed by atoms with Gasteiger partial charge in [0, 0.05) is 11.0 Å². The molecule has 104 valence electrons. The smallest absolute Gasteiger partial charge is 0.112 e. The third kappa shape index (κ3) is 2.20. The molecule has 0 saturated heterocycles. The van der Waals surface area contributed by atoms with Crippen LogP contribution in [0.1, 0.15) is 26.1 Å². The molecule has 4 N–H and O–H groups in total. The summed E-state index contributed by atoms with van der Waals surface area (Å²) < 4.78 is 0. The summed E-state index contributed by atoms with van der Waals surface area (Å²) in [6.07, 6.45) is 4.49. The lowest BCUT2D eigenvalue weighted by atomic mass is 9.88. The van der Waals surface area contributed by atoms with Crippen molar-refractivity contribution in [3.63, 3.8) is 0 Å². The Morgan fingerprint density at radius 2 is 2.10 bits per heavy atom. The van der Waals surface area contributed by atoms with Crippen molar-refractivity contribution in [2.24, 2.45) is 5.73 Å². The molecule has 1 aromatic carbocycles. The topological polar surface area (TPSA) is 83.4 Å². The van der Waals surface area contributed by atoms with Gasteiger partial charge in [-0.3, -0.25) is 0 Å². The average molecular weight is 269 g/mol. The molecule has 5 heteroatoms. The second-order valence-corrected chi connectivity index (χ2v) is 5.70. The van der Waals surface area contributed by atoms with E-state index < -0.39 is 0 Å². The monoisotopic (exact) mass is 269 g/mol. The van der Waals surface area contributed by atoms with Gasteiger partial charge in [0.15, 0.2) is 0 Å². The molecule has 2 aromatic heterocycles. The van der Waals surface area contributed by atoms with Gasteiger partial charge in [0.25, 0.3) is 0 Å². The van der Waals surface area contributed by atoms with Crippen LogP contribution in [0.4, 0.5) is 0 Å². The molecule has 0 radical (unpaired) electrons. The van der Waals surface area contributed by atoms with Crippen molar-refractivity contribution in [1.29, 1.82) is 0 Å². The molecule has 0 atom stereocenters. The van der Waals surface area contributed by atoms with E-state index in [0.717, 1.165) is 34.5 Å². The summed E-state index contributed by atoms with van der Waals surface area (Å²) in [4.78, 5) is 15.3. The number of imidazole rings is 2. The number of hydrogen-bond donors (Lipinski definition) is 3. The Bertz CT molecular complexity index is 723. The van der Waals surface area contributed by atoms with Gasteiger partial charge in [-0.1, -0.05) is 19.9 Å². The Labute approximate surface area is 117 Å². The van der Waals surface area contributed by atoms with Crippen LogP contribution in [0.5, 0.6) is 0 Å². The molecule has 0 aliphatic carbocycles. The molecule has 0 unspecified atom stereocenters. The number of hydrogen-bond acceptors (Lipinski definition) is 3. The fourth-order valence-corrected chi connectivity index (χ4v) is 2.39. The van der Waals surface area contributed by atoms with Crippen LogP contribution < -0.4 is 5.73 Å². The number of benzene rings is 1. The highest BCUT2D eigenvalue weighted by Crippen LogP contribution is 2.27. The zero-order chi connectivity index (χ0) is 14.2. The van der Waals surface area contributed by atoms with E-state index in [4.69, 9.17) is 5.73 Å². The highest BCUT2D eigenvalue weighted by atomic mass is 14.9. The lowest BCUT2D eigenvalue weighted by molar-refractivity contribution is 0.462. The van der Waals surface area contributed by atoms with Gasteiger partial charge in [-0.15, -0.1) is 0 Å². The lowest BCUT2D eigenvalue weighted by Gasteiger charge is -2.20. The Kier molecular flexibility index (Phi) is 3.06. The molecule has 5 nitrogen and oxygen atoms in total. The van der Waals surface area contributed by atoms with E-state index >= 15 is 0 Å². The molecule has 3 aromatic rings. The van der Waals surface area contributed by atoms with E-state index in [1.807, 2.05) is 12.3 Å². The molecule has 2 heterocycles. The molecule has 3 rings (SSSR count). The summed E-state index contributed by atoms with van der Waals surface area (Å²) in [7, 11) is 0. The summed E-state index contributed by atoms with van der Waals surface area (Å²) >= 11 is 0. The maximum absolute atomic E-state index is 5.67. The maximum Gasteiger partial charge on any atom is 0.112 e. The first-order chi connectivity index (χ1) is 9.60. The zero-order valence-electron chi connectivity index (χ0n) is 11.8. The molecule has 0 aliphatic rings. The van der Waals surface area contributed by atoms with Crippen molar-refractivity contribution in [2.45, 2.75) is 25.7 Å². The minimum atomic E-state index is -0.0366. The molecule has 0 bridgehead atoms. The number of aromatic amines is 2. The number of fused-ring (bicyclic) bond motifs is 1. The van der Waals surface area contributed by atoms with Gasteiger partial charge in [0.1, 0.15) is 5.82 Å². The van der Waals surface area contributed by atoms with Gasteiger partial charge in [0.2, 0.25) is 0 Å². The van der Waals surface area contributed by atoms with Crippen LogP contribution in [0.2, 0.25) is 0 Å². The Morgan fingerprint density at radius 3 is 2.90 bits per heavy atom. The van der Waals surface area contributed by atoms with E-state index in [1.165, 1.54) is 0 Å². The van der Waals surface area contributed by atoms with Crippen LogP contribution in [0.3, 0.4) is 0 Å². The fraction of sp³-hybridized carbons (Fsp3) is 0.333. The number of nitrogens with one attached hydrogen (secondary N) is 2. The molecular formula is C15H19N5. The van der Waals surface area contributed by atoms with E-state index in [9.17, 15) is 0 Å². The van der Waals surface area contributed by atoms with E-state index in [0.29, 0.717) is 6.54 Å². The Morgan fingerprint density at radius 1 is 1.25 bits per heavy atom. The van der Waals surface area contributed by atoms with E-state index in [-0.39, 0.29) is 5.41 Å². The van der Waals surface area contributed by atoms with Gasteiger partial charge in [-0.2, -0.15) is 0 Å². The van der Waals surface area contributed by atoms with Gasteiger partial charge >= 0.3 is 0 Å². The van der Waals surface area contributed by atoms with Crippen LogP contribution in [0.25, 0.3) is 22.3 Å². The van der Waals surface area contributed by atoms with Gasteiger partial charge in [-0.25, -0.2) is 9.97 Å². The summed E-state index contributed by atoms with van der Waals surface area (Å²) in [6.45, 7) is 4.96. The predicted octanol–water partition coefficient (Wildman–Crippen LogP) is 2.58. The first kappa shape index (κ1) is 12.9. The molecular weight excluding hydrogens is 250 g/mol. The van der Waals surface area contributed by atoms with Gasteiger partial charge in [-0.05, 0) is 25.1 Å².